The summed E-state index contributed by atoms with van der Waals surface area (Å²) in [6, 6.07) is 2.19. The molecule has 0 unspecified atom stereocenters. The third-order valence-corrected chi connectivity index (χ3v) is 2.99. The maximum atomic E-state index is 12.8. The Bertz CT molecular complexity index is 735. The van der Waals surface area contributed by atoms with Crippen LogP contribution in [-0.2, 0) is 6.18 Å². The molecular formula is C14H12F3N3O2. The number of aromatic amines is 1. The highest BCUT2D eigenvalue weighted by Gasteiger charge is 2.35. The summed E-state index contributed by atoms with van der Waals surface area (Å²) in [5.74, 6) is -1.92. The first kappa shape index (κ1) is 15.7. The van der Waals surface area contributed by atoms with Crippen LogP contribution in [0.2, 0.25) is 0 Å². The number of carbonyl (C=O) groups is 2. The molecule has 0 bridgehead atoms. The first-order chi connectivity index (χ1) is 10.2. The Kier molecular flexibility index (Phi) is 4.03. The molecule has 22 heavy (non-hydrogen) atoms. The van der Waals surface area contributed by atoms with Crippen molar-refractivity contribution >= 4 is 11.8 Å². The lowest BCUT2D eigenvalue weighted by molar-refractivity contribution is -0.138. The van der Waals surface area contributed by atoms with E-state index in [2.05, 4.69) is 9.97 Å². The second-order valence-electron chi connectivity index (χ2n) is 4.69. The normalized spacial score (nSPS) is 11.3. The van der Waals surface area contributed by atoms with Gasteiger partial charge in [0, 0.05) is 23.8 Å². The fraction of sp³-hybridized carbons (Fsp3) is 0.214. The fourth-order valence-electron chi connectivity index (χ4n) is 2.02. The Hall–Kier alpha value is -2.64. The number of pyridine rings is 1. The monoisotopic (exact) mass is 311 g/mol. The SMILES string of the molecule is Cc1cc(C(=O)NC(=O)c2cnccc2C(F)(F)F)c(C)[nH]1. The van der Waals surface area contributed by atoms with Gasteiger partial charge < -0.3 is 4.98 Å². The van der Waals surface area contributed by atoms with E-state index < -0.39 is 29.1 Å². The van der Waals surface area contributed by atoms with Gasteiger partial charge in [0.2, 0.25) is 0 Å². The number of H-pyrrole nitrogens is 1. The Morgan fingerprint density at radius 3 is 2.36 bits per heavy atom. The lowest BCUT2D eigenvalue weighted by Crippen LogP contribution is -2.32. The molecule has 0 aliphatic heterocycles. The van der Waals surface area contributed by atoms with Crippen LogP contribution in [-0.4, -0.2) is 21.8 Å². The zero-order chi connectivity index (χ0) is 16.5. The van der Waals surface area contributed by atoms with Crippen molar-refractivity contribution in [3.8, 4) is 0 Å². The average molecular weight is 311 g/mol. The maximum absolute atomic E-state index is 12.8. The Labute approximate surface area is 123 Å². The smallest absolute Gasteiger partial charge is 0.362 e. The molecule has 0 radical (unpaired) electrons. The third kappa shape index (κ3) is 3.16. The number of imide groups is 1. The highest BCUT2D eigenvalue weighted by molar-refractivity contribution is 6.11. The average Bonchev–Trinajstić information content (AvgIpc) is 2.76. The molecule has 0 atom stereocenters. The largest absolute Gasteiger partial charge is 0.417 e. The molecule has 2 rings (SSSR count). The van der Waals surface area contributed by atoms with E-state index in [0.717, 1.165) is 12.4 Å². The van der Waals surface area contributed by atoms with E-state index >= 15 is 0 Å². The van der Waals surface area contributed by atoms with Gasteiger partial charge in [-0.15, -0.1) is 0 Å². The summed E-state index contributed by atoms with van der Waals surface area (Å²) in [5, 5.41) is 1.94. The van der Waals surface area contributed by atoms with Crippen LogP contribution < -0.4 is 5.32 Å². The van der Waals surface area contributed by atoms with Crippen molar-refractivity contribution in [1.82, 2.24) is 15.3 Å². The summed E-state index contributed by atoms with van der Waals surface area (Å²) in [6.45, 7) is 3.34. The number of alkyl halides is 3. The molecule has 0 saturated heterocycles. The molecule has 8 heteroatoms. The van der Waals surface area contributed by atoms with E-state index in [1.54, 1.807) is 13.8 Å². The quantitative estimate of drug-likeness (QED) is 0.837. The number of carbonyl (C=O) groups excluding carboxylic acids is 2. The van der Waals surface area contributed by atoms with Gasteiger partial charge in [-0.2, -0.15) is 13.2 Å². The number of nitrogens with one attached hydrogen (secondary N) is 2. The highest BCUT2D eigenvalue weighted by atomic mass is 19.4. The molecule has 0 fully saturated rings. The second kappa shape index (κ2) is 5.63. The van der Waals surface area contributed by atoms with E-state index in [9.17, 15) is 22.8 Å². The second-order valence-corrected chi connectivity index (χ2v) is 4.69. The third-order valence-electron chi connectivity index (χ3n) is 2.99. The van der Waals surface area contributed by atoms with Crippen molar-refractivity contribution < 1.29 is 22.8 Å². The zero-order valence-electron chi connectivity index (χ0n) is 11.7. The van der Waals surface area contributed by atoms with Crippen LogP contribution in [0, 0.1) is 13.8 Å². The Morgan fingerprint density at radius 2 is 1.82 bits per heavy atom. The lowest BCUT2D eigenvalue weighted by Gasteiger charge is -2.11. The van der Waals surface area contributed by atoms with Gasteiger partial charge in [0.15, 0.2) is 0 Å². The molecule has 0 spiro atoms. The zero-order valence-corrected chi connectivity index (χ0v) is 11.7. The predicted octanol–water partition coefficient (Wildman–Crippen LogP) is 2.62. The van der Waals surface area contributed by atoms with Gasteiger partial charge in [-0.1, -0.05) is 0 Å². The molecule has 0 saturated carbocycles. The van der Waals surface area contributed by atoms with Crippen molar-refractivity contribution in [2.45, 2.75) is 20.0 Å². The number of amides is 2. The summed E-state index contributed by atoms with van der Waals surface area (Å²) in [4.78, 5) is 30.3. The van der Waals surface area contributed by atoms with Gasteiger partial charge >= 0.3 is 6.18 Å². The first-order valence-corrected chi connectivity index (χ1v) is 6.23. The summed E-state index contributed by atoms with van der Waals surface area (Å²) >= 11 is 0. The molecule has 2 amide bonds. The minimum absolute atomic E-state index is 0.197. The summed E-state index contributed by atoms with van der Waals surface area (Å²) in [7, 11) is 0. The van der Waals surface area contributed by atoms with Crippen molar-refractivity contribution in [2.75, 3.05) is 0 Å². The van der Waals surface area contributed by atoms with E-state index in [4.69, 9.17) is 0 Å². The van der Waals surface area contributed by atoms with E-state index in [-0.39, 0.29) is 5.56 Å². The van der Waals surface area contributed by atoms with Crippen molar-refractivity contribution in [2.24, 2.45) is 0 Å². The standard InChI is InChI=1S/C14H12F3N3O2/c1-7-5-9(8(2)19-7)12(21)20-13(22)10-6-18-4-3-11(10)14(15,16)17/h3-6,19H,1-2H3,(H,20,21,22). The molecule has 116 valence electrons. The van der Waals surface area contributed by atoms with Crippen LogP contribution in [0.5, 0.6) is 0 Å². The van der Waals surface area contributed by atoms with Gasteiger partial charge in [-0.05, 0) is 26.0 Å². The molecule has 0 aliphatic carbocycles. The van der Waals surface area contributed by atoms with E-state index in [1.807, 2.05) is 5.32 Å². The molecule has 0 aromatic carbocycles. The molecule has 5 nitrogen and oxygen atoms in total. The number of hydrogen-bond acceptors (Lipinski definition) is 3. The maximum Gasteiger partial charge on any atom is 0.417 e. The van der Waals surface area contributed by atoms with E-state index in [0.29, 0.717) is 17.5 Å². The first-order valence-electron chi connectivity index (χ1n) is 6.23. The molecule has 2 N–H and O–H groups in total. The number of nitrogens with zero attached hydrogens (tertiary/aromatic N) is 1. The van der Waals surface area contributed by atoms with Gasteiger partial charge in [0.1, 0.15) is 0 Å². The summed E-state index contributed by atoms with van der Waals surface area (Å²) < 4.78 is 38.5. The van der Waals surface area contributed by atoms with Crippen LogP contribution in [0.15, 0.2) is 24.5 Å². The fourth-order valence-corrected chi connectivity index (χ4v) is 2.02. The highest BCUT2D eigenvalue weighted by Crippen LogP contribution is 2.31. The summed E-state index contributed by atoms with van der Waals surface area (Å²) in [5.41, 5.74) is -0.427. The van der Waals surface area contributed by atoms with E-state index in [1.165, 1.54) is 6.07 Å². The van der Waals surface area contributed by atoms with Crippen LogP contribution in [0.1, 0.15) is 37.7 Å². The molecule has 2 aromatic rings. The van der Waals surface area contributed by atoms with Crippen molar-refractivity contribution in [3.05, 3.63) is 52.6 Å². The van der Waals surface area contributed by atoms with Crippen LogP contribution >= 0.6 is 0 Å². The Morgan fingerprint density at radius 1 is 1.18 bits per heavy atom. The predicted molar refractivity (Wildman–Crippen MR) is 71.3 cm³/mol. The number of rotatable bonds is 2. The number of aromatic nitrogens is 2. The number of hydrogen-bond donors (Lipinski definition) is 2. The minimum atomic E-state index is -4.71. The van der Waals surface area contributed by atoms with Crippen LogP contribution in [0.3, 0.4) is 0 Å². The summed E-state index contributed by atoms with van der Waals surface area (Å²) in [6.07, 6.45) is -3.00. The molecular weight excluding hydrogens is 299 g/mol. The van der Waals surface area contributed by atoms with Crippen molar-refractivity contribution in [1.29, 1.82) is 0 Å². The lowest BCUT2D eigenvalue weighted by atomic mass is 10.1. The van der Waals surface area contributed by atoms with Gasteiger partial charge in [-0.25, -0.2) is 0 Å². The van der Waals surface area contributed by atoms with Gasteiger partial charge in [0.05, 0.1) is 16.7 Å². The van der Waals surface area contributed by atoms with Crippen molar-refractivity contribution in [3.63, 3.8) is 0 Å². The molecule has 2 aromatic heterocycles. The molecule has 2 heterocycles. The minimum Gasteiger partial charge on any atom is -0.362 e. The number of aryl methyl sites for hydroxylation is 2. The Balaban J connectivity index is 2.27. The van der Waals surface area contributed by atoms with Crippen LogP contribution in [0.4, 0.5) is 13.2 Å². The molecule has 0 aliphatic rings. The van der Waals surface area contributed by atoms with Crippen LogP contribution in [0.25, 0.3) is 0 Å². The van der Waals surface area contributed by atoms with Gasteiger partial charge in [-0.3, -0.25) is 19.9 Å². The number of halogens is 3. The van der Waals surface area contributed by atoms with Gasteiger partial charge in [0.25, 0.3) is 11.8 Å². The topological polar surface area (TPSA) is 74.8 Å².